The summed E-state index contributed by atoms with van der Waals surface area (Å²) in [6.07, 6.45) is 6.02. The van der Waals surface area contributed by atoms with Gasteiger partial charge in [0.15, 0.2) is 0 Å². The van der Waals surface area contributed by atoms with Crippen LogP contribution in [0, 0.1) is 0 Å². The van der Waals surface area contributed by atoms with E-state index >= 15 is 0 Å². The van der Waals surface area contributed by atoms with Crippen molar-refractivity contribution in [1.82, 2.24) is 4.98 Å². The Morgan fingerprint density at radius 3 is 2.60 bits per heavy atom. The number of nitrogens with zero attached hydrogens (tertiary/aromatic N) is 1. The van der Waals surface area contributed by atoms with Gasteiger partial charge in [-0.3, -0.25) is 4.98 Å². The molecule has 1 heterocycles. The predicted octanol–water partition coefficient (Wildman–Crippen LogP) is 2.96. The van der Waals surface area contributed by atoms with E-state index in [2.05, 4.69) is 31.8 Å². The standard InChI is InChI=1S/C13H21NO/c1-13(2,3)12-8-11(9-14-10-12)6-5-7-15-4/h8-10H,5-7H2,1-4H3. The van der Waals surface area contributed by atoms with E-state index < -0.39 is 0 Å². The maximum absolute atomic E-state index is 5.04. The molecule has 0 saturated heterocycles. The Balaban J connectivity index is 2.66. The molecule has 1 aromatic heterocycles. The molecule has 0 bridgehead atoms. The molecule has 0 atom stereocenters. The molecule has 1 aromatic rings. The average molecular weight is 207 g/mol. The minimum absolute atomic E-state index is 0.185. The maximum Gasteiger partial charge on any atom is 0.0465 e. The van der Waals surface area contributed by atoms with Crippen LogP contribution in [0.15, 0.2) is 18.5 Å². The van der Waals surface area contributed by atoms with Crippen molar-refractivity contribution in [2.75, 3.05) is 13.7 Å². The van der Waals surface area contributed by atoms with Crippen LogP contribution in [0.2, 0.25) is 0 Å². The van der Waals surface area contributed by atoms with Crippen molar-refractivity contribution in [2.24, 2.45) is 0 Å². The van der Waals surface area contributed by atoms with Gasteiger partial charge >= 0.3 is 0 Å². The van der Waals surface area contributed by atoms with E-state index in [0.29, 0.717) is 0 Å². The monoisotopic (exact) mass is 207 g/mol. The smallest absolute Gasteiger partial charge is 0.0465 e. The van der Waals surface area contributed by atoms with Gasteiger partial charge in [-0.05, 0) is 29.4 Å². The number of pyridine rings is 1. The van der Waals surface area contributed by atoms with Crippen LogP contribution >= 0.6 is 0 Å². The molecule has 0 saturated carbocycles. The summed E-state index contributed by atoms with van der Waals surface area (Å²) in [5.41, 5.74) is 2.79. The quantitative estimate of drug-likeness (QED) is 0.708. The molecule has 0 aliphatic heterocycles. The summed E-state index contributed by atoms with van der Waals surface area (Å²) in [5.74, 6) is 0. The molecule has 0 N–H and O–H groups in total. The number of hydrogen-bond donors (Lipinski definition) is 0. The molecule has 0 fully saturated rings. The lowest BCUT2D eigenvalue weighted by Crippen LogP contribution is -2.12. The zero-order valence-electron chi connectivity index (χ0n) is 10.2. The average Bonchev–Trinajstić information content (AvgIpc) is 2.17. The van der Waals surface area contributed by atoms with E-state index in [1.165, 1.54) is 11.1 Å². The van der Waals surface area contributed by atoms with Crippen molar-refractivity contribution >= 4 is 0 Å². The van der Waals surface area contributed by atoms with Crippen LogP contribution in [0.3, 0.4) is 0 Å². The lowest BCUT2D eigenvalue weighted by atomic mass is 9.87. The van der Waals surface area contributed by atoms with E-state index in [-0.39, 0.29) is 5.41 Å². The van der Waals surface area contributed by atoms with Crippen molar-refractivity contribution in [1.29, 1.82) is 0 Å². The molecule has 0 aromatic carbocycles. The molecule has 84 valence electrons. The van der Waals surface area contributed by atoms with Crippen molar-refractivity contribution in [3.8, 4) is 0 Å². The van der Waals surface area contributed by atoms with Gasteiger partial charge in [0.25, 0.3) is 0 Å². The fourth-order valence-corrected chi connectivity index (χ4v) is 1.46. The molecule has 0 spiro atoms. The van der Waals surface area contributed by atoms with Gasteiger partial charge in [0, 0.05) is 26.1 Å². The molecular formula is C13H21NO. The zero-order chi connectivity index (χ0) is 11.3. The topological polar surface area (TPSA) is 22.1 Å². The number of ether oxygens (including phenoxy) is 1. The van der Waals surface area contributed by atoms with Crippen molar-refractivity contribution < 1.29 is 4.74 Å². The van der Waals surface area contributed by atoms with E-state index in [1.807, 2.05) is 12.4 Å². The second kappa shape index (κ2) is 5.26. The third kappa shape index (κ3) is 4.00. The number of aryl methyl sites for hydroxylation is 1. The second-order valence-electron chi connectivity index (χ2n) is 4.93. The largest absolute Gasteiger partial charge is 0.385 e. The molecule has 1 rings (SSSR count). The van der Waals surface area contributed by atoms with Crippen molar-refractivity contribution in [2.45, 2.75) is 39.0 Å². The summed E-state index contributed by atoms with van der Waals surface area (Å²) in [6.45, 7) is 7.45. The number of hydrogen-bond acceptors (Lipinski definition) is 2. The summed E-state index contributed by atoms with van der Waals surface area (Å²) in [6, 6.07) is 2.25. The van der Waals surface area contributed by atoms with Gasteiger partial charge in [0.1, 0.15) is 0 Å². The Hall–Kier alpha value is -0.890. The van der Waals surface area contributed by atoms with Gasteiger partial charge in [0.2, 0.25) is 0 Å². The van der Waals surface area contributed by atoms with Crippen molar-refractivity contribution in [3.05, 3.63) is 29.6 Å². The first-order valence-corrected chi connectivity index (χ1v) is 5.47. The van der Waals surface area contributed by atoms with E-state index in [0.717, 1.165) is 19.4 Å². The van der Waals surface area contributed by atoms with Crippen molar-refractivity contribution in [3.63, 3.8) is 0 Å². The SMILES string of the molecule is COCCCc1cncc(C(C)(C)C)c1. The van der Waals surface area contributed by atoms with Gasteiger partial charge in [-0.15, -0.1) is 0 Å². The Morgan fingerprint density at radius 2 is 2.00 bits per heavy atom. The third-order valence-electron chi connectivity index (χ3n) is 2.47. The van der Waals surface area contributed by atoms with Gasteiger partial charge in [0.05, 0.1) is 0 Å². The molecule has 0 aliphatic rings. The van der Waals surface area contributed by atoms with Crippen LogP contribution in [0.5, 0.6) is 0 Å². The van der Waals surface area contributed by atoms with Gasteiger partial charge in [-0.1, -0.05) is 26.8 Å². The zero-order valence-corrected chi connectivity index (χ0v) is 10.2. The van der Waals surface area contributed by atoms with Gasteiger partial charge in [-0.2, -0.15) is 0 Å². The second-order valence-corrected chi connectivity index (χ2v) is 4.93. The molecular weight excluding hydrogens is 186 g/mol. The Morgan fingerprint density at radius 1 is 1.27 bits per heavy atom. The predicted molar refractivity (Wildman–Crippen MR) is 63.1 cm³/mol. The Bertz CT molecular complexity index is 302. The van der Waals surface area contributed by atoms with Gasteiger partial charge in [-0.25, -0.2) is 0 Å². The first kappa shape index (κ1) is 12.2. The molecule has 0 radical (unpaired) electrons. The highest BCUT2D eigenvalue weighted by Gasteiger charge is 2.13. The van der Waals surface area contributed by atoms with Crippen LogP contribution in [0.25, 0.3) is 0 Å². The lowest BCUT2D eigenvalue weighted by molar-refractivity contribution is 0.195. The van der Waals surface area contributed by atoms with E-state index in [1.54, 1.807) is 7.11 Å². The van der Waals surface area contributed by atoms with Crippen LogP contribution in [-0.4, -0.2) is 18.7 Å². The fraction of sp³-hybridized carbons (Fsp3) is 0.615. The fourth-order valence-electron chi connectivity index (χ4n) is 1.46. The van der Waals surface area contributed by atoms with Crippen LogP contribution in [0.1, 0.15) is 38.3 Å². The van der Waals surface area contributed by atoms with E-state index in [9.17, 15) is 0 Å². The Kier molecular flexibility index (Phi) is 4.28. The summed E-state index contributed by atoms with van der Waals surface area (Å²) in [4.78, 5) is 4.29. The van der Waals surface area contributed by atoms with Crippen LogP contribution in [-0.2, 0) is 16.6 Å². The normalized spacial score (nSPS) is 11.7. The summed E-state index contributed by atoms with van der Waals surface area (Å²) in [5, 5.41) is 0. The highest BCUT2D eigenvalue weighted by molar-refractivity contribution is 5.24. The summed E-state index contributed by atoms with van der Waals surface area (Å²) >= 11 is 0. The summed E-state index contributed by atoms with van der Waals surface area (Å²) in [7, 11) is 1.74. The molecule has 0 aliphatic carbocycles. The minimum Gasteiger partial charge on any atom is -0.385 e. The Labute approximate surface area is 92.7 Å². The molecule has 15 heavy (non-hydrogen) atoms. The third-order valence-corrected chi connectivity index (χ3v) is 2.47. The molecule has 0 amide bonds. The molecule has 0 unspecified atom stereocenters. The lowest BCUT2D eigenvalue weighted by Gasteiger charge is -2.19. The minimum atomic E-state index is 0.185. The first-order chi connectivity index (χ1) is 7.04. The number of aromatic nitrogens is 1. The maximum atomic E-state index is 5.04. The number of methoxy groups -OCH3 is 1. The highest BCUT2D eigenvalue weighted by Crippen LogP contribution is 2.22. The summed E-state index contributed by atoms with van der Waals surface area (Å²) < 4.78 is 5.04. The number of rotatable bonds is 4. The van der Waals surface area contributed by atoms with E-state index in [4.69, 9.17) is 4.74 Å². The highest BCUT2D eigenvalue weighted by atomic mass is 16.5. The molecule has 2 nitrogen and oxygen atoms in total. The first-order valence-electron chi connectivity index (χ1n) is 5.47. The van der Waals surface area contributed by atoms with Crippen LogP contribution < -0.4 is 0 Å². The molecule has 2 heteroatoms. The van der Waals surface area contributed by atoms with Gasteiger partial charge < -0.3 is 4.74 Å². The van der Waals surface area contributed by atoms with Crippen LogP contribution in [0.4, 0.5) is 0 Å².